The van der Waals surface area contributed by atoms with Crippen LogP contribution < -0.4 is 0 Å². The molecule has 2 rings (SSSR count). The molecular weight excluding hydrogens is 200 g/mol. The van der Waals surface area contributed by atoms with Gasteiger partial charge in [-0.15, -0.1) is 0 Å². The van der Waals surface area contributed by atoms with E-state index in [0.717, 1.165) is 16.8 Å². The van der Waals surface area contributed by atoms with Gasteiger partial charge in [0.15, 0.2) is 0 Å². The smallest absolute Gasteiger partial charge is 0.222 e. The predicted molar refractivity (Wildman–Crippen MR) is 54.0 cm³/mol. The van der Waals surface area contributed by atoms with Crippen molar-refractivity contribution in [2.45, 2.75) is 6.92 Å². The zero-order valence-electron chi connectivity index (χ0n) is 7.90. The fourth-order valence-electron chi connectivity index (χ4n) is 1.26. The molecule has 72 valence electrons. The summed E-state index contributed by atoms with van der Waals surface area (Å²) >= 11 is 5.72. The molecule has 0 aromatic carbocycles. The number of rotatable bonds is 1. The lowest BCUT2D eigenvalue weighted by atomic mass is 10.2. The molecule has 0 saturated carbocycles. The fourth-order valence-corrected chi connectivity index (χ4v) is 1.39. The quantitative estimate of drug-likeness (QED) is 0.672. The Morgan fingerprint density at radius 1 is 1.36 bits per heavy atom. The second-order valence-electron chi connectivity index (χ2n) is 3.07. The first-order valence-electron chi connectivity index (χ1n) is 4.15. The zero-order valence-corrected chi connectivity index (χ0v) is 8.65. The summed E-state index contributed by atoms with van der Waals surface area (Å²) in [5, 5.41) is 4.34. The Hall–Kier alpha value is -1.42. The molecule has 2 heterocycles. The molecule has 4 nitrogen and oxygen atoms in total. The Kier molecular flexibility index (Phi) is 2.21. The maximum Gasteiger partial charge on any atom is 0.222 e. The third-order valence-electron chi connectivity index (χ3n) is 1.92. The van der Waals surface area contributed by atoms with Crippen molar-refractivity contribution in [3.05, 3.63) is 29.4 Å². The normalized spacial score (nSPS) is 10.5. The standard InChI is InChI=1S/C9H9ClN4/c1-6-3-11-9(10)13-8(6)7-4-12-14(2)5-7/h3-5H,1-2H3. The van der Waals surface area contributed by atoms with Gasteiger partial charge in [-0.05, 0) is 24.1 Å². The van der Waals surface area contributed by atoms with Crippen molar-refractivity contribution >= 4 is 11.6 Å². The van der Waals surface area contributed by atoms with Crippen molar-refractivity contribution in [2.24, 2.45) is 7.05 Å². The molecule has 0 amide bonds. The molecule has 0 spiro atoms. The molecule has 0 bridgehead atoms. The summed E-state index contributed by atoms with van der Waals surface area (Å²) in [5.41, 5.74) is 2.77. The molecular formula is C9H9ClN4. The average molecular weight is 209 g/mol. The van der Waals surface area contributed by atoms with E-state index in [2.05, 4.69) is 15.1 Å². The van der Waals surface area contributed by atoms with Crippen LogP contribution in [0.2, 0.25) is 5.28 Å². The Morgan fingerprint density at radius 2 is 2.14 bits per heavy atom. The minimum absolute atomic E-state index is 0.259. The largest absolute Gasteiger partial charge is 0.275 e. The van der Waals surface area contributed by atoms with Crippen LogP contribution in [-0.2, 0) is 7.05 Å². The molecule has 0 unspecified atom stereocenters. The van der Waals surface area contributed by atoms with E-state index < -0.39 is 0 Å². The van der Waals surface area contributed by atoms with Crippen LogP contribution in [0, 0.1) is 6.92 Å². The van der Waals surface area contributed by atoms with Crippen molar-refractivity contribution in [2.75, 3.05) is 0 Å². The van der Waals surface area contributed by atoms with E-state index in [4.69, 9.17) is 11.6 Å². The van der Waals surface area contributed by atoms with E-state index in [0.29, 0.717) is 0 Å². The third-order valence-corrected chi connectivity index (χ3v) is 2.10. The molecule has 0 radical (unpaired) electrons. The van der Waals surface area contributed by atoms with E-state index in [-0.39, 0.29) is 5.28 Å². The SMILES string of the molecule is Cc1cnc(Cl)nc1-c1cnn(C)c1. The minimum Gasteiger partial charge on any atom is -0.275 e. The first-order chi connectivity index (χ1) is 6.66. The maximum absolute atomic E-state index is 5.72. The number of halogens is 1. The Labute approximate surface area is 86.6 Å². The summed E-state index contributed by atoms with van der Waals surface area (Å²) in [6, 6.07) is 0. The fraction of sp³-hybridized carbons (Fsp3) is 0.222. The first kappa shape index (κ1) is 9.15. The lowest BCUT2D eigenvalue weighted by Crippen LogP contribution is -1.90. The van der Waals surface area contributed by atoms with Crippen LogP contribution in [0.3, 0.4) is 0 Å². The van der Waals surface area contributed by atoms with Gasteiger partial charge in [0.1, 0.15) is 0 Å². The van der Waals surface area contributed by atoms with Crippen LogP contribution >= 0.6 is 11.6 Å². The molecule has 0 aliphatic heterocycles. The Balaban J connectivity index is 2.55. The van der Waals surface area contributed by atoms with E-state index in [1.165, 1.54) is 0 Å². The molecule has 2 aromatic heterocycles. The van der Waals surface area contributed by atoms with Gasteiger partial charge in [-0.2, -0.15) is 5.10 Å². The molecule has 0 aliphatic rings. The molecule has 0 N–H and O–H groups in total. The van der Waals surface area contributed by atoms with Gasteiger partial charge in [-0.1, -0.05) is 0 Å². The number of hydrogen-bond acceptors (Lipinski definition) is 3. The predicted octanol–water partition coefficient (Wildman–Crippen LogP) is 1.84. The summed E-state index contributed by atoms with van der Waals surface area (Å²) in [6.45, 7) is 1.94. The van der Waals surface area contributed by atoms with E-state index >= 15 is 0 Å². The lowest BCUT2D eigenvalue weighted by Gasteiger charge is -2.00. The van der Waals surface area contributed by atoms with Crippen molar-refractivity contribution in [3.63, 3.8) is 0 Å². The topological polar surface area (TPSA) is 43.6 Å². The monoisotopic (exact) mass is 208 g/mol. The third kappa shape index (κ3) is 1.61. The highest BCUT2D eigenvalue weighted by atomic mass is 35.5. The summed E-state index contributed by atoms with van der Waals surface area (Å²) in [7, 11) is 1.86. The van der Waals surface area contributed by atoms with Crippen LogP contribution in [0.25, 0.3) is 11.3 Å². The Bertz CT molecular complexity index is 464. The number of nitrogens with zero attached hydrogens (tertiary/aromatic N) is 4. The highest BCUT2D eigenvalue weighted by molar-refractivity contribution is 6.28. The molecule has 0 fully saturated rings. The van der Waals surface area contributed by atoms with E-state index in [9.17, 15) is 0 Å². The van der Waals surface area contributed by atoms with Gasteiger partial charge in [-0.3, -0.25) is 4.68 Å². The van der Waals surface area contributed by atoms with Crippen LogP contribution in [0.1, 0.15) is 5.56 Å². The van der Waals surface area contributed by atoms with Gasteiger partial charge >= 0.3 is 0 Å². The summed E-state index contributed by atoms with van der Waals surface area (Å²) in [4.78, 5) is 8.06. The van der Waals surface area contributed by atoms with Crippen LogP contribution in [0.4, 0.5) is 0 Å². The Morgan fingerprint density at radius 3 is 2.79 bits per heavy atom. The molecule has 0 aliphatic carbocycles. The molecule has 0 atom stereocenters. The van der Waals surface area contributed by atoms with Gasteiger partial charge in [0.05, 0.1) is 11.9 Å². The number of aromatic nitrogens is 4. The molecule has 2 aromatic rings. The van der Waals surface area contributed by atoms with Crippen LogP contribution in [0.5, 0.6) is 0 Å². The maximum atomic E-state index is 5.72. The van der Waals surface area contributed by atoms with Gasteiger partial charge in [0, 0.05) is 25.0 Å². The van der Waals surface area contributed by atoms with E-state index in [1.54, 1.807) is 17.1 Å². The average Bonchev–Trinajstić information content (AvgIpc) is 2.56. The summed E-state index contributed by atoms with van der Waals surface area (Å²) < 4.78 is 1.73. The van der Waals surface area contributed by atoms with Crippen LogP contribution in [0.15, 0.2) is 18.6 Å². The second kappa shape index (κ2) is 3.38. The van der Waals surface area contributed by atoms with Crippen molar-refractivity contribution in [3.8, 4) is 11.3 Å². The lowest BCUT2D eigenvalue weighted by molar-refractivity contribution is 0.768. The summed E-state index contributed by atoms with van der Waals surface area (Å²) in [5.74, 6) is 0. The highest BCUT2D eigenvalue weighted by Crippen LogP contribution is 2.20. The number of aryl methyl sites for hydroxylation is 2. The summed E-state index contributed by atoms with van der Waals surface area (Å²) in [6.07, 6.45) is 5.36. The second-order valence-corrected chi connectivity index (χ2v) is 3.41. The van der Waals surface area contributed by atoms with Crippen LogP contribution in [-0.4, -0.2) is 19.7 Å². The van der Waals surface area contributed by atoms with E-state index in [1.807, 2.05) is 20.2 Å². The molecule has 14 heavy (non-hydrogen) atoms. The highest BCUT2D eigenvalue weighted by Gasteiger charge is 2.06. The first-order valence-corrected chi connectivity index (χ1v) is 4.53. The van der Waals surface area contributed by atoms with Crippen molar-refractivity contribution in [1.82, 2.24) is 19.7 Å². The molecule has 0 saturated heterocycles. The van der Waals surface area contributed by atoms with Gasteiger partial charge in [0.2, 0.25) is 5.28 Å². The zero-order chi connectivity index (χ0) is 10.1. The van der Waals surface area contributed by atoms with Crippen molar-refractivity contribution < 1.29 is 0 Å². The van der Waals surface area contributed by atoms with Crippen molar-refractivity contribution in [1.29, 1.82) is 0 Å². The van der Waals surface area contributed by atoms with Gasteiger partial charge < -0.3 is 0 Å². The van der Waals surface area contributed by atoms with Gasteiger partial charge in [-0.25, -0.2) is 9.97 Å². The molecule has 5 heteroatoms. The number of hydrogen-bond donors (Lipinski definition) is 0. The minimum atomic E-state index is 0.259. The van der Waals surface area contributed by atoms with Gasteiger partial charge in [0.25, 0.3) is 0 Å².